The van der Waals surface area contributed by atoms with E-state index >= 15 is 0 Å². The Balaban J connectivity index is 0.00000180. The van der Waals surface area contributed by atoms with Crippen molar-refractivity contribution in [3.05, 3.63) is 30.3 Å². The second-order valence-corrected chi connectivity index (χ2v) is 4.92. The topological polar surface area (TPSA) is 58.4 Å². The van der Waals surface area contributed by atoms with Gasteiger partial charge in [-0.3, -0.25) is 4.79 Å². The molecule has 0 aliphatic carbocycles. The Hall–Kier alpha value is -0.970. The average Bonchev–Trinajstić information content (AvgIpc) is 2.86. The van der Waals surface area contributed by atoms with Crippen LogP contribution in [0.1, 0.15) is 13.3 Å². The maximum Gasteiger partial charge on any atom is 0.226 e. The quantitative estimate of drug-likeness (QED) is 0.894. The van der Waals surface area contributed by atoms with Crippen LogP contribution in [0.15, 0.2) is 30.3 Å². The van der Waals surface area contributed by atoms with E-state index in [2.05, 4.69) is 5.32 Å². The third-order valence-electron chi connectivity index (χ3n) is 3.42. The van der Waals surface area contributed by atoms with Crippen LogP contribution in [-0.4, -0.2) is 36.5 Å². The number of carbonyl (C=O) groups is 1. The first kappa shape index (κ1) is 19.0. The van der Waals surface area contributed by atoms with Gasteiger partial charge in [0.05, 0.1) is 0 Å². The highest BCUT2D eigenvalue weighted by atomic mass is 35.5. The van der Waals surface area contributed by atoms with E-state index in [4.69, 9.17) is 5.73 Å². The average molecular weight is 320 g/mol. The molecule has 1 heterocycles. The van der Waals surface area contributed by atoms with Crippen LogP contribution in [-0.2, 0) is 4.79 Å². The van der Waals surface area contributed by atoms with Gasteiger partial charge in [-0.15, -0.1) is 24.8 Å². The lowest BCUT2D eigenvalue weighted by molar-refractivity contribution is -0.133. The molecule has 114 valence electrons. The first-order valence-corrected chi connectivity index (χ1v) is 6.51. The third kappa shape index (κ3) is 4.85. The molecule has 2 unspecified atom stereocenters. The summed E-state index contributed by atoms with van der Waals surface area (Å²) in [6.07, 6.45) is 0.998. The lowest BCUT2D eigenvalue weighted by Gasteiger charge is -2.20. The fourth-order valence-electron chi connectivity index (χ4n) is 2.26. The lowest BCUT2D eigenvalue weighted by Crippen LogP contribution is -2.37. The number of carbonyl (C=O) groups excluding carboxylic acids is 1. The van der Waals surface area contributed by atoms with Gasteiger partial charge in [-0.05, 0) is 18.6 Å². The Labute approximate surface area is 132 Å². The number of halogens is 2. The normalized spacial score (nSPS) is 18.7. The number of anilines is 1. The highest BCUT2D eigenvalue weighted by Gasteiger charge is 2.28. The van der Waals surface area contributed by atoms with Crippen molar-refractivity contribution in [2.45, 2.75) is 19.4 Å². The smallest absolute Gasteiger partial charge is 0.226 e. The maximum atomic E-state index is 12.0. The number of amides is 1. The van der Waals surface area contributed by atoms with Gasteiger partial charge < -0.3 is 16.0 Å². The minimum absolute atomic E-state index is 0. The molecule has 2 atom stereocenters. The molecule has 4 nitrogen and oxygen atoms in total. The van der Waals surface area contributed by atoms with Crippen molar-refractivity contribution < 1.29 is 4.79 Å². The molecular weight excluding hydrogens is 297 g/mol. The number of nitrogens with zero attached hydrogens (tertiary/aromatic N) is 1. The Morgan fingerprint density at radius 1 is 1.40 bits per heavy atom. The number of hydrogen-bond donors (Lipinski definition) is 2. The van der Waals surface area contributed by atoms with Gasteiger partial charge in [0.2, 0.25) is 5.91 Å². The summed E-state index contributed by atoms with van der Waals surface area (Å²) in [4.78, 5) is 13.9. The number of benzene rings is 1. The molecule has 20 heavy (non-hydrogen) atoms. The minimum Gasteiger partial charge on any atom is -0.380 e. The van der Waals surface area contributed by atoms with Gasteiger partial charge in [0.25, 0.3) is 0 Å². The largest absolute Gasteiger partial charge is 0.380 e. The summed E-state index contributed by atoms with van der Waals surface area (Å²) in [5.74, 6) is 0.107. The molecule has 0 saturated carbocycles. The van der Waals surface area contributed by atoms with Crippen LogP contribution in [0, 0.1) is 5.92 Å². The summed E-state index contributed by atoms with van der Waals surface area (Å²) in [6.45, 7) is 3.91. The molecule has 0 bridgehead atoms. The molecule has 1 fully saturated rings. The van der Waals surface area contributed by atoms with Gasteiger partial charge in [0.15, 0.2) is 0 Å². The Kier molecular flexibility index (Phi) is 8.62. The zero-order valence-electron chi connectivity index (χ0n) is 11.6. The summed E-state index contributed by atoms with van der Waals surface area (Å²) in [6, 6.07) is 10.5. The van der Waals surface area contributed by atoms with E-state index in [1.807, 2.05) is 42.2 Å². The number of hydrogen-bond acceptors (Lipinski definition) is 3. The molecule has 0 radical (unpaired) electrons. The van der Waals surface area contributed by atoms with Crippen molar-refractivity contribution in [3.63, 3.8) is 0 Å². The second-order valence-electron chi connectivity index (χ2n) is 4.92. The van der Waals surface area contributed by atoms with Crippen LogP contribution in [0.3, 0.4) is 0 Å². The molecular formula is C14H23Cl2N3O. The van der Waals surface area contributed by atoms with E-state index in [-0.39, 0.29) is 36.6 Å². The SMILES string of the molecule is CC(CN)C(=O)N1CCC(Nc2ccccc2)C1.Cl.Cl. The number of nitrogens with two attached hydrogens (primary N) is 1. The first-order valence-electron chi connectivity index (χ1n) is 6.51. The van der Waals surface area contributed by atoms with Crippen LogP contribution in [0.2, 0.25) is 0 Å². The number of para-hydroxylation sites is 1. The highest BCUT2D eigenvalue weighted by molar-refractivity contribution is 5.85. The predicted molar refractivity (Wildman–Crippen MR) is 87.8 cm³/mol. The van der Waals surface area contributed by atoms with Gasteiger partial charge in [-0.2, -0.15) is 0 Å². The zero-order valence-corrected chi connectivity index (χ0v) is 13.3. The molecule has 3 N–H and O–H groups in total. The predicted octanol–water partition coefficient (Wildman–Crippen LogP) is 2.14. The van der Waals surface area contributed by atoms with Crippen molar-refractivity contribution in [3.8, 4) is 0 Å². The standard InChI is InChI=1S/C14H21N3O.2ClH/c1-11(9-15)14(18)17-8-7-13(10-17)16-12-5-3-2-4-6-12;;/h2-6,11,13,16H,7-10,15H2,1H3;2*1H. The fraction of sp³-hybridized carbons (Fsp3) is 0.500. The van der Waals surface area contributed by atoms with Gasteiger partial charge in [-0.25, -0.2) is 0 Å². The van der Waals surface area contributed by atoms with E-state index in [9.17, 15) is 4.79 Å². The summed E-state index contributed by atoms with van der Waals surface area (Å²) in [5.41, 5.74) is 6.65. The molecule has 1 aromatic rings. The van der Waals surface area contributed by atoms with Crippen molar-refractivity contribution in [1.82, 2.24) is 4.90 Å². The van der Waals surface area contributed by atoms with Crippen LogP contribution in [0.25, 0.3) is 0 Å². The Bertz CT molecular complexity index is 403. The molecule has 1 aliphatic rings. The lowest BCUT2D eigenvalue weighted by atomic mass is 10.1. The number of likely N-dealkylation sites (tertiary alicyclic amines) is 1. The Morgan fingerprint density at radius 2 is 2.05 bits per heavy atom. The molecule has 0 spiro atoms. The Morgan fingerprint density at radius 3 is 2.65 bits per heavy atom. The van der Waals surface area contributed by atoms with E-state index in [0.717, 1.165) is 25.2 Å². The molecule has 1 amide bonds. The van der Waals surface area contributed by atoms with E-state index < -0.39 is 0 Å². The molecule has 0 aromatic heterocycles. The first-order chi connectivity index (χ1) is 8.70. The second kappa shape index (κ2) is 9.06. The van der Waals surface area contributed by atoms with Gasteiger partial charge >= 0.3 is 0 Å². The summed E-state index contributed by atoms with van der Waals surface area (Å²) in [5, 5.41) is 3.46. The monoisotopic (exact) mass is 319 g/mol. The summed E-state index contributed by atoms with van der Waals surface area (Å²) >= 11 is 0. The van der Waals surface area contributed by atoms with Crippen LogP contribution in [0.4, 0.5) is 5.69 Å². The molecule has 1 aromatic carbocycles. The zero-order chi connectivity index (χ0) is 13.0. The van der Waals surface area contributed by atoms with Crippen LogP contribution < -0.4 is 11.1 Å². The van der Waals surface area contributed by atoms with Crippen molar-refractivity contribution in [2.24, 2.45) is 11.7 Å². The van der Waals surface area contributed by atoms with Gasteiger partial charge in [-0.1, -0.05) is 25.1 Å². The molecule has 1 aliphatic heterocycles. The van der Waals surface area contributed by atoms with Crippen molar-refractivity contribution in [1.29, 1.82) is 0 Å². The summed E-state index contributed by atoms with van der Waals surface area (Å²) in [7, 11) is 0. The van der Waals surface area contributed by atoms with Crippen LogP contribution in [0.5, 0.6) is 0 Å². The van der Waals surface area contributed by atoms with E-state index in [1.54, 1.807) is 0 Å². The highest BCUT2D eigenvalue weighted by Crippen LogP contribution is 2.17. The van der Waals surface area contributed by atoms with Gasteiger partial charge in [0.1, 0.15) is 0 Å². The van der Waals surface area contributed by atoms with Gasteiger partial charge in [0, 0.05) is 37.3 Å². The maximum absolute atomic E-state index is 12.0. The van der Waals surface area contributed by atoms with Crippen LogP contribution >= 0.6 is 24.8 Å². The van der Waals surface area contributed by atoms with Crippen molar-refractivity contribution in [2.75, 3.05) is 25.0 Å². The summed E-state index contributed by atoms with van der Waals surface area (Å²) < 4.78 is 0. The fourth-order valence-corrected chi connectivity index (χ4v) is 2.26. The van der Waals surface area contributed by atoms with E-state index in [1.165, 1.54) is 0 Å². The van der Waals surface area contributed by atoms with Crippen molar-refractivity contribution >= 4 is 36.4 Å². The molecule has 6 heteroatoms. The minimum atomic E-state index is -0.0690. The number of rotatable bonds is 4. The van der Waals surface area contributed by atoms with E-state index in [0.29, 0.717) is 12.6 Å². The third-order valence-corrected chi connectivity index (χ3v) is 3.42. The molecule has 2 rings (SSSR count). The number of nitrogens with one attached hydrogen (secondary N) is 1. The molecule has 1 saturated heterocycles.